The molecule has 8 heteroatoms. The third-order valence-electron chi connectivity index (χ3n) is 8.69. The summed E-state index contributed by atoms with van der Waals surface area (Å²) in [6, 6.07) is 20.6. The summed E-state index contributed by atoms with van der Waals surface area (Å²) in [7, 11) is 1.51. The highest BCUT2D eigenvalue weighted by atomic mass is 35.5. The number of nitrogens with zero attached hydrogens (tertiary/aromatic N) is 1. The fourth-order valence-corrected chi connectivity index (χ4v) is 7.52. The van der Waals surface area contributed by atoms with Gasteiger partial charge < -0.3 is 9.64 Å². The summed E-state index contributed by atoms with van der Waals surface area (Å²) < 4.78 is 19.8. The van der Waals surface area contributed by atoms with Crippen molar-refractivity contribution in [3.8, 4) is 5.75 Å². The molecule has 7 rings (SSSR count). The molecular formula is C34H22Cl2FNO4. The SMILES string of the molecule is COc1cccc(C(=O)[C@@H]2[C@@H](c3ccc(Cl)cc3Cl)C3(C(=O)c4ccccc4C3=O)[C@@H]3C=Cc4cc(F)ccc4N23)c1. The molecule has 1 saturated heterocycles. The van der Waals surface area contributed by atoms with Gasteiger partial charge in [-0.1, -0.05) is 77.8 Å². The van der Waals surface area contributed by atoms with Crippen LogP contribution in [0.4, 0.5) is 10.1 Å². The van der Waals surface area contributed by atoms with Crippen molar-refractivity contribution in [2.24, 2.45) is 5.41 Å². The van der Waals surface area contributed by atoms with E-state index in [2.05, 4.69) is 0 Å². The van der Waals surface area contributed by atoms with Gasteiger partial charge in [0, 0.05) is 43.9 Å². The van der Waals surface area contributed by atoms with E-state index in [9.17, 15) is 18.8 Å². The number of ether oxygens (including phenoxy) is 1. The zero-order valence-corrected chi connectivity index (χ0v) is 23.7. The molecule has 2 heterocycles. The summed E-state index contributed by atoms with van der Waals surface area (Å²) in [5, 5.41) is 0.604. The van der Waals surface area contributed by atoms with Crippen LogP contribution in [-0.2, 0) is 0 Å². The lowest BCUT2D eigenvalue weighted by Crippen LogP contribution is -2.48. The van der Waals surface area contributed by atoms with Crippen LogP contribution in [0.2, 0.25) is 10.0 Å². The number of ketones is 3. The van der Waals surface area contributed by atoms with Gasteiger partial charge in [-0.05, 0) is 48.0 Å². The standard InChI is InChI=1S/C34H22Cl2FNO4/c1-42-22-6-4-5-19(16-22)31(39)30-29(25-12-10-20(35)17-26(25)36)34(32(40)23-7-2-3-8-24(23)33(34)41)28-14-9-18-15-21(37)11-13-27(18)38(28)30/h2-17,28-30H,1H3/t28-,29+,30-/m0/s1. The predicted octanol–water partition coefficient (Wildman–Crippen LogP) is 7.46. The second-order valence-electron chi connectivity index (χ2n) is 10.7. The fraction of sp³-hybridized carbons (Fsp3) is 0.147. The van der Waals surface area contributed by atoms with Crippen molar-refractivity contribution in [2.45, 2.75) is 18.0 Å². The second-order valence-corrected chi connectivity index (χ2v) is 11.5. The number of anilines is 1. The third-order valence-corrected chi connectivity index (χ3v) is 9.25. The molecule has 2 aliphatic heterocycles. The highest BCUT2D eigenvalue weighted by Gasteiger charge is 2.71. The van der Waals surface area contributed by atoms with E-state index >= 15 is 0 Å². The van der Waals surface area contributed by atoms with Crippen molar-refractivity contribution in [3.63, 3.8) is 0 Å². The summed E-state index contributed by atoms with van der Waals surface area (Å²) in [4.78, 5) is 45.9. The Labute approximate surface area is 251 Å². The zero-order valence-electron chi connectivity index (χ0n) is 22.2. The van der Waals surface area contributed by atoms with Gasteiger partial charge in [-0.3, -0.25) is 14.4 Å². The minimum absolute atomic E-state index is 0.232. The molecule has 42 heavy (non-hydrogen) atoms. The number of Topliss-reactive ketones (excluding diaryl/α,β-unsaturated/α-hetero) is 3. The Morgan fingerprint density at radius 3 is 2.33 bits per heavy atom. The van der Waals surface area contributed by atoms with Crippen LogP contribution in [0.15, 0.2) is 91.0 Å². The lowest BCUT2D eigenvalue weighted by molar-refractivity contribution is 0.0666. The maximum atomic E-state index is 14.7. The molecule has 4 aromatic rings. The number of halogens is 3. The van der Waals surface area contributed by atoms with Crippen LogP contribution in [0.3, 0.4) is 0 Å². The number of fused-ring (bicyclic) bond motifs is 5. The molecule has 1 spiro atoms. The minimum Gasteiger partial charge on any atom is -0.497 e. The van der Waals surface area contributed by atoms with Crippen molar-refractivity contribution >= 4 is 52.3 Å². The van der Waals surface area contributed by atoms with E-state index in [0.717, 1.165) is 0 Å². The number of methoxy groups -OCH3 is 1. The molecule has 4 aromatic carbocycles. The van der Waals surface area contributed by atoms with E-state index in [1.807, 2.05) is 0 Å². The maximum Gasteiger partial charge on any atom is 0.186 e. The van der Waals surface area contributed by atoms with Gasteiger partial charge in [0.25, 0.3) is 0 Å². The Bertz CT molecular complexity index is 1830. The Hall–Kier alpha value is -4.26. The molecule has 0 saturated carbocycles. The first-order chi connectivity index (χ1) is 20.3. The number of carbonyl (C=O) groups excluding carboxylic acids is 3. The van der Waals surface area contributed by atoms with Crippen molar-refractivity contribution in [2.75, 3.05) is 12.0 Å². The number of rotatable bonds is 4. The zero-order chi connectivity index (χ0) is 29.3. The average molecular weight is 598 g/mol. The highest BCUT2D eigenvalue weighted by Crippen LogP contribution is 2.61. The van der Waals surface area contributed by atoms with E-state index in [-0.39, 0.29) is 22.4 Å². The summed E-state index contributed by atoms with van der Waals surface area (Å²) >= 11 is 13.1. The van der Waals surface area contributed by atoms with Crippen molar-refractivity contribution in [1.29, 1.82) is 0 Å². The second kappa shape index (κ2) is 9.65. The molecule has 1 fully saturated rings. The topological polar surface area (TPSA) is 63.7 Å². The number of hydrogen-bond donors (Lipinski definition) is 0. The number of carbonyl (C=O) groups is 3. The molecule has 3 aliphatic rings. The van der Waals surface area contributed by atoms with E-state index in [1.54, 1.807) is 89.8 Å². The number of hydrogen-bond acceptors (Lipinski definition) is 5. The van der Waals surface area contributed by atoms with Gasteiger partial charge in [0.15, 0.2) is 17.3 Å². The highest BCUT2D eigenvalue weighted by molar-refractivity contribution is 6.36. The first-order valence-electron chi connectivity index (χ1n) is 13.3. The van der Waals surface area contributed by atoms with Crippen molar-refractivity contribution < 1.29 is 23.5 Å². The van der Waals surface area contributed by atoms with E-state index < -0.39 is 29.2 Å². The van der Waals surface area contributed by atoms with Gasteiger partial charge in [-0.25, -0.2) is 4.39 Å². The molecule has 0 unspecified atom stereocenters. The van der Waals surface area contributed by atoms with Crippen LogP contribution in [0, 0.1) is 11.2 Å². The first kappa shape index (κ1) is 26.6. The van der Waals surface area contributed by atoms with Gasteiger partial charge in [-0.2, -0.15) is 0 Å². The van der Waals surface area contributed by atoms with Gasteiger partial charge in [0.2, 0.25) is 0 Å². The van der Waals surface area contributed by atoms with Gasteiger partial charge in [0.1, 0.15) is 23.0 Å². The van der Waals surface area contributed by atoms with E-state index in [4.69, 9.17) is 27.9 Å². The largest absolute Gasteiger partial charge is 0.497 e. The van der Waals surface area contributed by atoms with E-state index in [0.29, 0.717) is 44.3 Å². The van der Waals surface area contributed by atoms with Crippen LogP contribution in [0.5, 0.6) is 5.75 Å². The maximum absolute atomic E-state index is 14.7. The molecule has 3 atom stereocenters. The first-order valence-corrected chi connectivity index (χ1v) is 14.1. The van der Waals surface area contributed by atoms with Crippen molar-refractivity contribution in [3.05, 3.63) is 135 Å². The monoisotopic (exact) mass is 597 g/mol. The van der Waals surface area contributed by atoms with Gasteiger partial charge in [0.05, 0.1) is 13.2 Å². The molecule has 0 N–H and O–H groups in total. The summed E-state index contributed by atoms with van der Waals surface area (Å²) in [6.07, 6.45) is 3.45. The smallest absolute Gasteiger partial charge is 0.186 e. The third kappa shape index (κ3) is 3.58. The fourth-order valence-electron chi connectivity index (χ4n) is 6.99. The summed E-state index contributed by atoms with van der Waals surface area (Å²) in [5.41, 5.74) is 0.706. The van der Waals surface area contributed by atoms with Gasteiger partial charge >= 0.3 is 0 Å². The molecule has 5 nitrogen and oxygen atoms in total. The molecule has 0 radical (unpaired) electrons. The molecule has 0 amide bonds. The van der Waals surface area contributed by atoms with Crippen LogP contribution in [0.1, 0.15) is 48.1 Å². The molecule has 1 aliphatic carbocycles. The van der Waals surface area contributed by atoms with E-state index in [1.165, 1.54) is 19.2 Å². The van der Waals surface area contributed by atoms with Crippen LogP contribution in [-0.4, -0.2) is 36.5 Å². The Kier molecular flexibility index (Phi) is 6.12. The molecule has 208 valence electrons. The molecule has 0 aromatic heterocycles. The normalized spacial score (nSPS) is 21.3. The Morgan fingerprint density at radius 2 is 1.64 bits per heavy atom. The average Bonchev–Trinajstić information content (AvgIpc) is 3.42. The van der Waals surface area contributed by atoms with Crippen LogP contribution < -0.4 is 9.64 Å². The molecular weight excluding hydrogens is 576 g/mol. The quantitative estimate of drug-likeness (QED) is 0.180. The van der Waals surface area contributed by atoms with Gasteiger partial charge in [-0.15, -0.1) is 0 Å². The van der Waals surface area contributed by atoms with Crippen LogP contribution in [0.25, 0.3) is 6.08 Å². The summed E-state index contributed by atoms with van der Waals surface area (Å²) in [5.74, 6) is -2.09. The Balaban J connectivity index is 1.56. The van der Waals surface area contributed by atoms with Crippen LogP contribution >= 0.6 is 23.2 Å². The van der Waals surface area contributed by atoms with Crippen molar-refractivity contribution in [1.82, 2.24) is 0 Å². The Morgan fingerprint density at radius 1 is 0.905 bits per heavy atom. The number of benzene rings is 4. The molecule has 0 bridgehead atoms. The summed E-state index contributed by atoms with van der Waals surface area (Å²) in [6.45, 7) is 0. The minimum atomic E-state index is -1.73. The lowest BCUT2D eigenvalue weighted by atomic mass is 9.64. The predicted molar refractivity (Wildman–Crippen MR) is 160 cm³/mol. The lowest BCUT2D eigenvalue weighted by Gasteiger charge is -2.37.